The van der Waals surface area contributed by atoms with E-state index in [9.17, 15) is 18.0 Å². The van der Waals surface area contributed by atoms with Gasteiger partial charge in [0.25, 0.3) is 0 Å². The predicted octanol–water partition coefficient (Wildman–Crippen LogP) is 1.79. The summed E-state index contributed by atoms with van der Waals surface area (Å²) in [7, 11) is 0. The van der Waals surface area contributed by atoms with Crippen LogP contribution >= 0.6 is 11.3 Å². The van der Waals surface area contributed by atoms with Crippen molar-refractivity contribution >= 4 is 17.3 Å². The fourth-order valence-corrected chi connectivity index (χ4v) is 1.43. The molecular weight excluding hydrogens is 193 g/mol. The monoisotopic (exact) mass is 196 g/mol. The van der Waals surface area contributed by atoms with E-state index in [0.717, 1.165) is 0 Å². The zero-order valence-corrected chi connectivity index (χ0v) is 6.42. The molecule has 0 amide bonds. The van der Waals surface area contributed by atoms with Crippen molar-refractivity contribution in [2.24, 2.45) is 0 Å². The molecule has 1 heterocycles. The van der Waals surface area contributed by atoms with Crippen LogP contribution in [0.2, 0.25) is 0 Å². The van der Waals surface area contributed by atoms with Gasteiger partial charge in [0.15, 0.2) is 5.82 Å². The molecule has 0 spiro atoms. The SMILES string of the molecule is O=C(O)Cc1sc(F)c(F)c1F. The van der Waals surface area contributed by atoms with Crippen LogP contribution < -0.4 is 0 Å². The molecule has 66 valence electrons. The van der Waals surface area contributed by atoms with Crippen molar-refractivity contribution in [2.45, 2.75) is 6.42 Å². The summed E-state index contributed by atoms with van der Waals surface area (Å²) in [6, 6.07) is 0. The van der Waals surface area contributed by atoms with Crippen molar-refractivity contribution in [3.63, 3.8) is 0 Å². The normalized spacial score (nSPS) is 10.2. The Bertz CT molecular complexity index is 321. The Balaban J connectivity index is 3.01. The number of aliphatic carboxylic acids is 1. The summed E-state index contributed by atoms with van der Waals surface area (Å²) in [5.74, 6) is -4.33. The van der Waals surface area contributed by atoms with E-state index < -0.39 is 34.0 Å². The highest BCUT2D eigenvalue weighted by atomic mass is 32.1. The second kappa shape index (κ2) is 3.14. The molecule has 2 nitrogen and oxygen atoms in total. The summed E-state index contributed by atoms with van der Waals surface area (Å²) >= 11 is 0.172. The molecule has 0 unspecified atom stereocenters. The molecule has 1 rings (SSSR count). The minimum Gasteiger partial charge on any atom is -0.481 e. The first-order chi connectivity index (χ1) is 5.52. The summed E-state index contributed by atoms with van der Waals surface area (Å²) in [6.07, 6.45) is -0.697. The van der Waals surface area contributed by atoms with E-state index in [2.05, 4.69) is 0 Å². The highest BCUT2D eigenvalue weighted by Crippen LogP contribution is 2.24. The molecule has 0 saturated carbocycles. The van der Waals surface area contributed by atoms with Crippen molar-refractivity contribution in [2.75, 3.05) is 0 Å². The quantitative estimate of drug-likeness (QED) is 0.782. The Labute approximate surface area is 69.3 Å². The van der Waals surface area contributed by atoms with E-state index in [-0.39, 0.29) is 11.3 Å². The predicted molar refractivity (Wildman–Crippen MR) is 35.5 cm³/mol. The molecule has 0 radical (unpaired) electrons. The summed E-state index contributed by atoms with van der Waals surface area (Å²) < 4.78 is 37.0. The van der Waals surface area contributed by atoms with Gasteiger partial charge in [0.05, 0.1) is 11.3 Å². The first kappa shape index (κ1) is 9.05. The number of carboxylic acid groups (broad SMARTS) is 1. The molecule has 0 atom stereocenters. The third-order valence-electron chi connectivity index (χ3n) is 1.13. The summed E-state index contributed by atoms with van der Waals surface area (Å²) in [4.78, 5) is 9.60. The number of halogens is 3. The average molecular weight is 196 g/mol. The highest BCUT2D eigenvalue weighted by Gasteiger charge is 2.19. The van der Waals surface area contributed by atoms with Gasteiger partial charge in [-0.15, -0.1) is 11.3 Å². The fourth-order valence-electron chi connectivity index (χ4n) is 0.657. The molecule has 12 heavy (non-hydrogen) atoms. The number of thiophene rings is 1. The van der Waals surface area contributed by atoms with E-state index in [1.165, 1.54) is 0 Å². The van der Waals surface area contributed by atoms with E-state index in [4.69, 9.17) is 5.11 Å². The van der Waals surface area contributed by atoms with Crippen LogP contribution in [-0.2, 0) is 11.2 Å². The van der Waals surface area contributed by atoms with E-state index in [0.29, 0.717) is 0 Å². The van der Waals surface area contributed by atoms with Crippen LogP contribution in [0.15, 0.2) is 0 Å². The van der Waals surface area contributed by atoms with Crippen LogP contribution in [0.25, 0.3) is 0 Å². The Morgan fingerprint density at radius 2 is 1.92 bits per heavy atom. The summed E-state index contributed by atoms with van der Waals surface area (Å²) in [5, 5.41) is 6.87. The maximum atomic E-state index is 12.5. The molecular formula is C6H3F3O2S. The molecule has 1 aromatic rings. The first-order valence-electron chi connectivity index (χ1n) is 2.86. The Morgan fingerprint density at radius 1 is 1.33 bits per heavy atom. The lowest BCUT2D eigenvalue weighted by Crippen LogP contribution is -1.99. The van der Waals surface area contributed by atoms with Gasteiger partial charge in [-0.25, -0.2) is 4.39 Å². The van der Waals surface area contributed by atoms with Crippen molar-refractivity contribution in [1.82, 2.24) is 0 Å². The molecule has 6 heteroatoms. The smallest absolute Gasteiger partial charge is 0.308 e. The van der Waals surface area contributed by atoms with Crippen molar-refractivity contribution < 1.29 is 23.1 Å². The van der Waals surface area contributed by atoms with Gasteiger partial charge in [0.2, 0.25) is 10.9 Å². The molecule has 0 aliphatic carbocycles. The Hall–Kier alpha value is -1.04. The van der Waals surface area contributed by atoms with Crippen LogP contribution in [0.1, 0.15) is 4.88 Å². The topological polar surface area (TPSA) is 37.3 Å². The van der Waals surface area contributed by atoms with Crippen LogP contribution in [0, 0.1) is 16.8 Å². The Morgan fingerprint density at radius 3 is 2.25 bits per heavy atom. The number of carboxylic acids is 1. The molecule has 0 aromatic carbocycles. The zero-order chi connectivity index (χ0) is 9.30. The standard InChI is InChI=1S/C6H3F3O2S/c7-4-2(1-3(10)11)12-6(9)5(4)8/h1H2,(H,10,11). The minimum absolute atomic E-state index is 0.172. The molecule has 0 saturated heterocycles. The third-order valence-corrected chi connectivity index (χ3v) is 2.06. The Kier molecular flexibility index (Phi) is 2.37. The van der Waals surface area contributed by atoms with E-state index in [1.807, 2.05) is 0 Å². The average Bonchev–Trinajstić information content (AvgIpc) is 2.17. The fraction of sp³-hybridized carbons (Fsp3) is 0.167. The van der Waals surface area contributed by atoms with Gasteiger partial charge in [0.1, 0.15) is 0 Å². The second-order valence-corrected chi connectivity index (χ2v) is 3.05. The maximum absolute atomic E-state index is 12.5. The molecule has 1 aromatic heterocycles. The molecule has 0 aliphatic rings. The lowest BCUT2D eigenvalue weighted by molar-refractivity contribution is -0.136. The molecule has 0 fully saturated rings. The highest BCUT2D eigenvalue weighted by molar-refractivity contribution is 7.10. The lowest BCUT2D eigenvalue weighted by atomic mass is 10.3. The molecule has 0 bridgehead atoms. The van der Waals surface area contributed by atoms with E-state index >= 15 is 0 Å². The third kappa shape index (κ3) is 1.58. The van der Waals surface area contributed by atoms with Gasteiger partial charge in [-0.2, -0.15) is 8.78 Å². The minimum atomic E-state index is -1.60. The van der Waals surface area contributed by atoms with Gasteiger partial charge in [-0.1, -0.05) is 0 Å². The van der Waals surface area contributed by atoms with Crippen molar-refractivity contribution in [3.05, 3.63) is 21.6 Å². The number of hydrogen-bond acceptors (Lipinski definition) is 2. The molecule has 1 N–H and O–H groups in total. The maximum Gasteiger partial charge on any atom is 0.308 e. The van der Waals surface area contributed by atoms with Gasteiger partial charge in [-0.3, -0.25) is 4.79 Å². The zero-order valence-electron chi connectivity index (χ0n) is 5.60. The molecule has 0 aliphatic heterocycles. The van der Waals surface area contributed by atoms with Crippen LogP contribution in [0.3, 0.4) is 0 Å². The van der Waals surface area contributed by atoms with Crippen LogP contribution in [0.5, 0.6) is 0 Å². The number of carbonyl (C=O) groups is 1. The van der Waals surface area contributed by atoms with Crippen molar-refractivity contribution in [3.8, 4) is 0 Å². The van der Waals surface area contributed by atoms with Gasteiger partial charge < -0.3 is 5.11 Å². The summed E-state index contributed by atoms with van der Waals surface area (Å²) in [6.45, 7) is 0. The van der Waals surface area contributed by atoms with Crippen molar-refractivity contribution in [1.29, 1.82) is 0 Å². The van der Waals surface area contributed by atoms with Gasteiger partial charge >= 0.3 is 5.97 Å². The van der Waals surface area contributed by atoms with Gasteiger partial charge in [-0.05, 0) is 0 Å². The van der Waals surface area contributed by atoms with Crippen LogP contribution in [-0.4, -0.2) is 11.1 Å². The second-order valence-electron chi connectivity index (χ2n) is 2.00. The largest absolute Gasteiger partial charge is 0.481 e. The number of hydrogen-bond donors (Lipinski definition) is 1. The summed E-state index contributed by atoms with van der Waals surface area (Å²) in [5.41, 5.74) is 0. The van der Waals surface area contributed by atoms with E-state index in [1.54, 1.807) is 0 Å². The number of rotatable bonds is 2. The first-order valence-corrected chi connectivity index (χ1v) is 3.68. The van der Waals surface area contributed by atoms with Crippen LogP contribution in [0.4, 0.5) is 13.2 Å². The lowest BCUT2D eigenvalue weighted by Gasteiger charge is -1.88. The van der Waals surface area contributed by atoms with Gasteiger partial charge in [0, 0.05) is 0 Å².